The Bertz CT molecular complexity index is 1030. The van der Waals surface area contributed by atoms with Crippen molar-refractivity contribution in [3.63, 3.8) is 0 Å². The van der Waals surface area contributed by atoms with Crippen molar-refractivity contribution in [3.05, 3.63) is 71.4 Å². The van der Waals surface area contributed by atoms with Crippen molar-refractivity contribution in [2.24, 2.45) is 0 Å². The molecule has 2 aliphatic rings. The van der Waals surface area contributed by atoms with Crippen LogP contribution in [0, 0.1) is 0 Å². The molecule has 0 aliphatic carbocycles. The van der Waals surface area contributed by atoms with Crippen LogP contribution in [-0.4, -0.2) is 70.4 Å². The van der Waals surface area contributed by atoms with Gasteiger partial charge in [0.15, 0.2) is 0 Å². The summed E-state index contributed by atoms with van der Waals surface area (Å²) in [5, 5.41) is 17.2. The number of H-pyrrole nitrogens is 1. The third-order valence-corrected chi connectivity index (χ3v) is 5.88. The molecule has 30 heavy (non-hydrogen) atoms. The van der Waals surface area contributed by atoms with Crippen molar-refractivity contribution in [2.45, 2.75) is 6.04 Å². The number of carbonyl (C=O) groups excluding carboxylic acids is 1. The third-order valence-electron chi connectivity index (χ3n) is 5.88. The average Bonchev–Trinajstić information content (AvgIpc) is 3.33. The van der Waals surface area contributed by atoms with Crippen LogP contribution in [0.5, 0.6) is 5.75 Å². The van der Waals surface area contributed by atoms with E-state index in [1.807, 2.05) is 47.4 Å². The number of benzene rings is 2. The summed E-state index contributed by atoms with van der Waals surface area (Å²) in [6, 6.07) is 16.8. The number of nitrogens with zero attached hydrogens (tertiary/aromatic N) is 3. The molecular formula is C23H24N4O3. The van der Waals surface area contributed by atoms with E-state index in [0.29, 0.717) is 12.2 Å². The summed E-state index contributed by atoms with van der Waals surface area (Å²) >= 11 is 0. The summed E-state index contributed by atoms with van der Waals surface area (Å²) in [5.41, 5.74) is 4.18. The molecule has 5 rings (SSSR count). The van der Waals surface area contributed by atoms with Crippen molar-refractivity contribution < 1.29 is 14.6 Å². The number of carbonyl (C=O) groups is 1. The molecule has 7 heteroatoms. The molecule has 0 bridgehead atoms. The standard InChI is InChI=1S/C23H24N4O3/c28-18-8-6-17(7-9-18)22-19-20(16-4-2-1-3-5-16)24-25-21(19)23(29)27(22)11-10-26-12-14-30-15-13-26/h1-9,22,28H,10-15H2,(H,24,25). The summed E-state index contributed by atoms with van der Waals surface area (Å²) < 4.78 is 5.44. The number of nitrogens with one attached hydrogen (secondary N) is 1. The molecule has 3 heterocycles. The number of aromatic amines is 1. The Morgan fingerprint density at radius 2 is 1.77 bits per heavy atom. The van der Waals surface area contributed by atoms with Crippen molar-refractivity contribution in [1.82, 2.24) is 20.0 Å². The van der Waals surface area contributed by atoms with Crippen LogP contribution in [0.4, 0.5) is 0 Å². The zero-order valence-electron chi connectivity index (χ0n) is 16.6. The lowest BCUT2D eigenvalue weighted by Crippen LogP contribution is -2.42. The van der Waals surface area contributed by atoms with Gasteiger partial charge in [0.25, 0.3) is 5.91 Å². The van der Waals surface area contributed by atoms with Crippen LogP contribution in [0.3, 0.4) is 0 Å². The number of aromatic hydroxyl groups is 1. The predicted octanol–water partition coefficient (Wildman–Crippen LogP) is 2.66. The van der Waals surface area contributed by atoms with Gasteiger partial charge in [0.1, 0.15) is 11.4 Å². The number of amides is 1. The van der Waals surface area contributed by atoms with E-state index in [9.17, 15) is 9.90 Å². The lowest BCUT2D eigenvalue weighted by Gasteiger charge is -2.31. The quantitative estimate of drug-likeness (QED) is 0.683. The van der Waals surface area contributed by atoms with Gasteiger partial charge in [-0.2, -0.15) is 5.10 Å². The minimum absolute atomic E-state index is 0.0361. The van der Waals surface area contributed by atoms with E-state index in [2.05, 4.69) is 15.1 Å². The van der Waals surface area contributed by atoms with Gasteiger partial charge >= 0.3 is 0 Å². The molecule has 1 amide bonds. The highest BCUT2D eigenvalue weighted by Crippen LogP contribution is 2.42. The first-order valence-corrected chi connectivity index (χ1v) is 10.3. The van der Waals surface area contributed by atoms with E-state index in [1.165, 1.54) is 0 Å². The monoisotopic (exact) mass is 404 g/mol. The maximum Gasteiger partial charge on any atom is 0.273 e. The van der Waals surface area contributed by atoms with Crippen LogP contribution < -0.4 is 0 Å². The van der Waals surface area contributed by atoms with Crippen LogP contribution >= 0.6 is 0 Å². The molecule has 154 valence electrons. The molecule has 2 aliphatic heterocycles. The molecule has 1 fully saturated rings. The molecule has 1 unspecified atom stereocenters. The van der Waals surface area contributed by atoms with Gasteiger partial charge in [-0.05, 0) is 17.7 Å². The second-order valence-corrected chi connectivity index (χ2v) is 7.67. The summed E-state index contributed by atoms with van der Waals surface area (Å²) in [6.07, 6.45) is 0. The maximum absolute atomic E-state index is 13.3. The van der Waals surface area contributed by atoms with Crippen LogP contribution in [0.1, 0.15) is 27.7 Å². The second-order valence-electron chi connectivity index (χ2n) is 7.67. The van der Waals surface area contributed by atoms with Gasteiger partial charge in [-0.3, -0.25) is 14.8 Å². The van der Waals surface area contributed by atoms with Gasteiger partial charge in [-0.15, -0.1) is 0 Å². The zero-order valence-corrected chi connectivity index (χ0v) is 16.6. The van der Waals surface area contributed by atoms with Crippen LogP contribution in [0.2, 0.25) is 0 Å². The number of hydrogen-bond donors (Lipinski definition) is 2. The fourth-order valence-corrected chi connectivity index (χ4v) is 4.32. The van der Waals surface area contributed by atoms with E-state index < -0.39 is 0 Å². The van der Waals surface area contributed by atoms with Gasteiger partial charge in [-0.25, -0.2) is 0 Å². The summed E-state index contributed by atoms with van der Waals surface area (Å²) in [7, 11) is 0. The highest BCUT2D eigenvalue weighted by atomic mass is 16.5. The van der Waals surface area contributed by atoms with Crippen molar-refractivity contribution >= 4 is 5.91 Å². The van der Waals surface area contributed by atoms with Crippen LogP contribution in [0.25, 0.3) is 11.3 Å². The predicted molar refractivity (Wildman–Crippen MR) is 112 cm³/mol. The molecule has 0 saturated carbocycles. The fraction of sp³-hybridized carbons (Fsp3) is 0.304. The Morgan fingerprint density at radius 3 is 2.50 bits per heavy atom. The fourth-order valence-electron chi connectivity index (χ4n) is 4.32. The van der Waals surface area contributed by atoms with E-state index in [-0.39, 0.29) is 17.7 Å². The minimum atomic E-state index is -0.247. The third kappa shape index (κ3) is 3.36. The highest BCUT2D eigenvalue weighted by Gasteiger charge is 2.42. The van der Waals surface area contributed by atoms with Gasteiger partial charge < -0.3 is 14.7 Å². The highest BCUT2D eigenvalue weighted by molar-refractivity contribution is 6.00. The number of ether oxygens (including phenoxy) is 1. The number of phenolic OH excluding ortho intramolecular Hbond substituents is 1. The Hall–Kier alpha value is -3.16. The number of phenols is 1. The molecule has 7 nitrogen and oxygen atoms in total. The molecule has 1 aromatic heterocycles. The minimum Gasteiger partial charge on any atom is -0.508 e. The van der Waals surface area contributed by atoms with E-state index in [1.54, 1.807) is 12.1 Å². The molecule has 0 spiro atoms. The topological polar surface area (TPSA) is 81.7 Å². The number of aromatic nitrogens is 2. The number of morpholine rings is 1. The number of rotatable bonds is 5. The van der Waals surface area contributed by atoms with Crippen LogP contribution in [-0.2, 0) is 4.74 Å². The first-order chi connectivity index (χ1) is 14.7. The summed E-state index contributed by atoms with van der Waals surface area (Å²) in [6.45, 7) is 4.64. The van der Waals surface area contributed by atoms with Crippen molar-refractivity contribution in [3.8, 4) is 17.0 Å². The van der Waals surface area contributed by atoms with Gasteiger partial charge in [0.2, 0.25) is 0 Å². The maximum atomic E-state index is 13.3. The number of fused-ring (bicyclic) bond motifs is 1. The average molecular weight is 404 g/mol. The van der Waals surface area contributed by atoms with Crippen molar-refractivity contribution in [2.75, 3.05) is 39.4 Å². The van der Waals surface area contributed by atoms with E-state index in [0.717, 1.165) is 55.2 Å². The lowest BCUT2D eigenvalue weighted by molar-refractivity contribution is 0.0316. The largest absolute Gasteiger partial charge is 0.508 e. The van der Waals surface area contributed by atoms with Gasteiger partial charge in [-0.1, -0.05) is 42.5 Å². The van der Waals surface area contributed by atoms with Gasteiger partial charge in [0.05, 0.1) is 24.9 Å². The molecule has 0 radical (unpaired) electrons. The molecule has 2 N–H and O–H groups in total. The van der Waals surface area contributed by atoms with Crippen LogP contribution in [0.15, 0.2) is 54.6 Å². The molecule has 3 aromatic rings. The molecule has 1 saturated heterocycles. The number of hydrogen-bond acceptors (Lipinski definition) is 5. The molecular weight excluding hydrogens is 380 g/mol. The summed E-state index contributed by atoms with van der Waals surface area (Å²) in [5.74, 6) is 0.171. The lowest BCUT2D eigenvalue weighted by atomic mass is 9.96. The SMILES string of the molecule is O=C1c2[nH]nc(-c3ccccc3)c2C(c2ccc(O)cc2)N1CCN1CCOCC1. The second kappa shape index (κ2) is 7.93. The van der Waals surface area contributed by atoms with Crippen molar-refractivity contribution in [1.29, 1.82) is 0 Å². The first-order valence-electron chi connectivity index (χ1n) is 10.3. The zero-order chi connectivity index (χ0) is 20.5. The normalized spacial score (nSPS) is 19.3. The smallest absolute Gasteiger partial charge is 0.273 e. The Kier molecular flexibility index (Phi) is 4.98. The van der Waals surface area contributed by atoms with E-state index >= 15 is 0 Å². The first kappa shape index (κ1) is 18.8. The molecule has 1 atom stereocenters. The Labute approximate surface area is 174 Å². The molecule has 2 aromatic carbocycles. The Balaban J connectivity index is 1.52. The Morgan fingerprint density at radius 1 is 1.03 bits per heavy atom. The summed E-state index contributed by atoms with van der Waals surface area (Å²) in [4.78, 5) is 17.6. The van der Waals surface area contributed by atoms with Gasteiger partial charge in [0, 0.05) is 37.3 Å². The van der Waals surface area contributed by atoms with E-state index in [4.69, 9.17) is 4.74 Å².